The quantitative estimate of drug-likeness (QED) is 0.847. The fourth-order valence-corrected chi connectivity index (χ4v) is 2.22. The van der Waals surface area contributed by atoms with Gasteiger partial charge in [-0.05, 0) is 42.5 Å². The summed E-state index contributed by atoms with van der Waals surface area (Å²) < 4.78 is 0. The topological polar surface area (TPSA) is 72.2 Å². The standard InChI is InChI=1S/C15H12Cl2N2O2/c16-10-3-6-12(13(17)7-10)15(21)19-11-4-1-9(2-5-11)14(20)8-18/h1-7H,8,18H2,(H,19,21). The second-order valence-electron chi connectivity index (χ2n) is 4.28. The molecule has 21 heavy (non-hydrogen) atoms. The van der Waals surface area contributed by atoms with Gasteiger partial charge in [-0.3, -0.25) is 9.59 Å². The Labute approximate surface area is 131 Å². The number of benzene rings is 2. The van der Waals surface area contributed by atoms with Crippen molar-refractivity contribution in [1.29, 1.82) is 0 Å². The Morgan fingerprint density at radius 2 is 1.71 bits per heavy atom. The summed E-state index contributed by atoms with van der Waals surface area (Å²) in [6, 6.07) is 11.1. The van der Waals surface area contributed by atoms with Crippen LogP contribution in [-0.4, -0.2) is 18.2 Å². The fraction of sp³-hybridized carbons (Fsp3) is 0.0667. The van der Waals surface area contributed by atoms with Crippen molar-refractivity contribution in [2.45, 2.75) is 0 Å². The number of hydrogen-bond donors (Lipinski definition) is 2. The predicted molar refractivity (Wildman–Crippen MR) is 84.2 cm³/mol. The number of rotatable bonds is 4. The maximum Gasteiger partial charge on any atom is 0.257 e. The van der Waals surface area contributed by atoms with Gasteiger partial charge in [-0.1, -0.05) is 23.2 Å². The van der Waals surface area contributed by atoms with E-state index in [1.54, 1.807) is 36.4 Å². The number of ketones is 1. The van der Waals surface area contributed by atoms with Gasteiger partial charge in [-0.15, -0.1) is 0 Å². The van der Waals surface area contributed by atoms with Crippen LogP contribution in [0.2, 0.25) is 10.0 Å². The number of amides is 1. The zero-order chi connectivity index (χ0) is 15.4. The second kappa shape index (κ2) is 6.72. The molecule has 0 aliphatic rings. The van der Waals surface area contributed by atoms with Gasteiger partial charge < -0.3 is 11.1 Å². The van der Waals surface area contributed by atoms with Crippen LogP contribution in [0.1, 0.15) is 20.7 Å². The molecular formula is C15H12Cl2N2O2. The molecule has 0 unspecified atom stereocenters. The highest BCUT2D eigenvalue weighted by molar-refractivity contribution is 6.37. The van der Waals surface area contributed by atoms with E-state index in [-0.39, 0.29) is 23.3 Å². The number of nitrogens with one attached hydrogen (secondary N) is 1. The van der Waals surface area contributed by atoms with Crippen LogP contribution >= 0.6 is 23.2 Å². The lowest BCUT2D eigenvalue weighted by Gasteiger charge is -2.07. The molecule has 3 N–H and O–H groups in total. The lowest BCUT2D eigenvalue weighted by atomic mass is 10.1. The zero-order valence-corrected chi connectivity index (χ0v) is 12.4. The fourth-order valence-electron chi connectivity index (χ4n) is 1.73. The van der Waals surface area contributed by atoms with E-state index >= 15 is 0 Å². The van der Waals surface area contributed by atoms with Gasteiger partial charge in [0.25, 0.3) is 5.91 Å². The van der Waals surface area contributed by atoms with E-state index in [1.165, 1.54) is 6.07 Å². The van der Waals surface area contributed by atoms with Crippen LogP contribution in [0, 0.1) is 0 Å². The van der Waals surface area contributed by atoms with Crippen molar-refractivity contribution in [2.75, 3.05) is 11.9 Å². The van der Waals surface area contributed by atoms with E-state index < -0.39 is 0 Å². The van der Waals surface area contributed by atoms with Gasteiger partial charge >= 0.3 is 0 Å². The van der Waals surface area contributed by atoms with E-state index in [9.17, 15) is 9.59 Å². The molecule has 0 aliphatic carbocycles. The molecule has 6 heteroatoms. The lowest BCUT2D eigenvalue weighted by molar-refractivity contribution is 0.0999. The summed E-state index contributed by atoms with van der Waals surface area (Å²) in [6.45, 7) is -0.0495. The van der Waals surface area contributed by atoms with Gasteiger partial charge in [0.05, 0.1) is 17.1 Å². The summed E-state index contributed by atoms with van der Waals surface area (Å²) in [5.74, 6) is -0.511. The number of nitrogens with two attached hydrogens (primary N) is 1. The van der Waals surface area contributed by atoms with Gasteiger partial charge in [0, 0.05) is 16.3 Å². The van der Waals surface area contributed by atoms with Crippen molar-refractivity contribution in [3.8, 4) is 0 Å². The maximum absolute atomic E-state index is 12.1. The van der Waals surface area contributed by atoms with Gasteiger partial charge in [0.15, 0.2) is 5.78 Å². The van der Waals surface area contributed by atoms with Gasteiger partial charge in [0.1, 0.15) is 0 Å². The highest BCUT2D eigenvalue weighted by Crippen LogP contribution is 2.22. The normalized spacial score (nSPS) is 10.2. The van der Waals surface area contributed by atoms with E-state index in [2.05, 4.69) is 5.32 Å². The third-order valence-corrected chi connectivity index (χ3v) is 3.37. The number of carbonyl (C=O) groups is 2. The van der Waals surface area contributed by atoms with Crippen LogP contribution in [0.4, 0.5) is 5.69 Å². The van der Waals surface area contributed by atoms with E-state index in [1.807, 2.05) is 0 Å². The van der Waals surface area contributed by atoms with Crippen LogP contribution < -0.4 is 11.1 Å². The smallest absolute Gasteiger partial charge is 0.257 e. The molecule has 0 fully saturated rings. The number of carbonyl (C=O) groups excluding carboxylic acids is 2. The third kappa shape index (κ3) is 3.82. The molecule has 0 atom stereocenters. The monoisotopic (exact) mass is 322 g/mol. The van der Waals surface area contributed by atoms with E-state index in [0.29, 0.717) is 21.8 Å². The molecule has 0 saturated heterocycles. The SMILES string of the molecule is NCC(=O)c1ccc(NC(=O)c2ccc(Cl)cc2Cl)cc1. The number of halogens is 2. The summed E-state index contributed by atoms with van der Waals surface area (Å²) in [6.07, 6.45) is 0. The molecule has 0 heterocycles. The molecule has 0 bridgehead atoms. The molecule has 0 aliphatic heterocycles. The molecule has 0 spiro atoms. The molecule has 0 saturated carbocycles. The van der Waals surface area contributed by atoms with Gasteiger partial charge in [-0.25, -0.2) is 0 Å². The first-order chi connectivity index (χ1) is 10.0. The molecule has 4 nitrogen and oxygen atoms in total. The van der Waals surface area contributed by atoms with Crippen molar-refractivity contribution < 1.29 is 9.59 Å². The van der Waals surface area contributed by atoms with Crippen LogP contribution in [0.5, 0.6) is 0 Å². The highest BCUT2D eigenvalue weighted by atomic mass is 35.5. The Morgan fingerprint density at radius 1 is 1.05 bits per heavy atom. The summed E-state index contributed by atoms with van der Waals surface area (Å²) >= 11 is 11.8. The van der Waals surface area contributed by atoms with Crippen LogP contribution in [-0.2, 0) is 0 Å². The minimum absolute atomic E-state index is 0.0495. The van der Waals surface area contributed by atoms with Gasteiger partial charge in [0.2, 0.25) is 0 Å². The molecule has 2 rings (SSSR count). The highest BCUT2D eigenvalue weighted by Gasteiger charge is 2.11. The Hall–Kier alpha value is -1.88. The summed E-state index contributed by atoms with van der Waals surface area (Å²) in [7, 11) is 0. The number of hydrogen-bond acceptors (Lipinski definition) is 3. The van der Waals surface area contributed by atoms with Crippen molar-refractivity contribution in [3.05, 3.63) is 63.6 Å². The average molecular weight is 323 g/mol. The van der Waals surface area contributed by atoms with Crippen LogP contribution in [0.25, 0.3) is 0 Å². The third-order valence-electron chi connectivity index (χ3n) is 2.83. The summed E-state index contributed by atoms with van der Waals surface area (Å²) in [4.78, 5) is 23.5. The van der Waals surface area contributed by atoms with Crippen LogP contribution in [0.15, 0.2) is 42.5 Å². The van der Waals surface area contributed by atoms with E-state index in [4.69, 9.17) is 28.9 Å². The first-order valence-corrected chi connectivity index (χ1v) is 6.86. The molecule has 0 aromatic heterocycles. The summed E-state index contributed by atoms with van der Waals surface area (Å²) in [5, 5.41) is 3.43. The van der Waals surface area contributed by atoms with Crippen molar-refractivity contribution in [3.63, 3.8) is 0 Å². The Balaban J connectivity index is 2.14. The summed E-state index contributed by atoms with van der Waals surface area (Å²) in [5.41, 5.74) is 6.66. The molecule has 1 amide bonds. The minimum Gasteiger partial charge on any atom is -0.324 e. The zero-order valence-electron chi connectivity index (χ0n) is 10.9. The Bertz CT molecular complexity index is 685. The predicted octanol–water partition coefficient (Wildman–Crippen LogP) is 3.39. The van der Waals surface area contributed by atoms with Crippen molar-refractivity contribution in [2.24, 2.45) is 5.73 Å². The van der Waals surface area contributed by atoms with E-state index in [0.717, 1.165) is 0 Å². The first kappa shape index (κ1) is 15.5. The minimum atomic E-state index is -0.352. The molecule has 0 radical (unpaired) electrons. The maximum atomic E-state index is 12.1. The Morgan fingerprint density at radius 3 is 2.29 bits per heavy atom. The van der Waals surface area contributed by atoms with Crippen LogP contribution in [0.3, 0.4) is 0 Å². The first-order valence-electron chi connectivity index (χ1n) is 6.11. The average Bonchev–Trinajstić information content (AvgIpc) is 2.47. The number of Topliss-reactive ketones (excluding diaryl/α,β-unsaturated/α-hetero) is 1. The van der Waals surface area contributed by atoms with Gasteiger partial charge in [-0.2, -0.15) is 0 Å². The largest absolute Gasteiger partial charge is 0.324 e. The van der Waals surface area contributed by atoms with Crippen molar-refractivity contribution >= 4 is 40.6 Å². The lowest BCUT2D eigenvalue weighted by Crippen LogP contribution is -2.14. The molecule has 2 aromatic rings. The molecule has 108 valence electrons. The molecule has 2 aromatic carbocycles. The number of anilines is 1. The Kier molecular flexibility index (Phi) is 4.96. The molecular weight excluding hydrogens is 311 g/mol. The van der Waals surface area contributed by atoms with Crippen molar-refractivity contribution in [1.82, 2.24) is 0 Å². The second-order valence-corrected chi connectivity index (χ2v) is 5.13.